The van der Waals surface area contributed by atoms with Crippen LogP contribution in [0.1, 0.15) is 0 Å². The smallest absolute Gasteiger partial charge is 0.211 e. The lowest BCUT2D eigenvalue weighted by atomic mass is 10.9. The molecule has 0 amide bonds. The van der Waals surface area contributed by atoms with Gasteiger partial charge in [-0.05, 0) is 0 Å². The second-order valence-electron chi connectivity index (χ2n) is 1.17. The number of halogens is 2. The molecule has 0 rings (SSSR count). The van der Waals surface area contributed by atoms with Crippen LogP contribution in [-0.4, -0.2) is 20.6 Å². The van der Waals surface area contributed by atoms with Gasteiger partial charge in [0.1, 0.15) is 5.75 Å². The van der Waals surface area contributed by atoms with E-state index in [-0.39, 0.29) is 0 Å². The summed E-state index contributed by atoms with van der Waals surface area (Å²) in [6, 6.07) is 0. The lowest BCUT2D eigenvalue weighted by molar-refractivity contribution is 0.174. The van der Waals surface area contributed by atoms with Crippen molar-refractivity contribution in [1.82, 2.24) is 5.14 Å². The Kier molecular flexibility index (Phi) is 2.29. The Morgan fingerprint density at radius 2 is 1.88 bits per heavy atom. The van der Waals surface area contributed by atoms with Gasteiger partial charge in [-0.1, -0.05) is 0 Å². The van der Waals surface area contributed by atoms with Crippen LogP contribution in [0.25, 0.3) is 0 Å². The van der Waals surface area contributed by atoms with Gasteiger partial charge in [-0.2, -0.15) is 0 Å². The summed E-state index contributed by atoms with van der Waals surface area (Å²) in [6.45, 7) is 0. The van der Waals surface area contributed by atoms with Crippen LogP contribution in [0.5, 0.6) is 0 Å². The van der Waals surface area contributed by atoms with Crippen molar-refractivity contribution in [1.29, 1.82) is 0 Å². The summed E-state index contributed by atoms with van der Waals surface area (Å²) >= 11 is 0. The zero-order chi connectivity index (χ0) is 6.78. The van der Waals surface area contributed by atoms with Crippen LogP contribution in [0.4, 0.5) is 8.78 Å². The van der Waals surface area contributed by atoms with Crippen LogP contribution in [-0.2, 0) is 10.0 Å². The molecule has 0 saturated heterocycles. The number of rotatable bonds is 2. The van der Waals surface area contributed by atoms with Gasteiger partial charge in [-0.25, -0.2) is 17.2 Å². The van der Waals surface area contributed by atoms with Crippen LogP contribution in [0.3, 0.4) is 0 Å². The van der Waals surface area contributed by atoms with Gasteiger partial charge in [-0.3, -0.25) is 0 Å². The first-order chi connectivity index (χ1) is 3.42. The van der Waals surface area contributed by atoms with E-state index in [9.17, 15) is 17.2 Å². The SMILES string of the molecule is [NH]S(=O)(=O)CC(F)F. The summed E-state index contributed by atoms with van der Waals surface area (Å²) in [5.41, 5.74) is 0. The molecule has 0 aliphatic rings. The quantitative estimate of drug-likeness (QED) is 0.541. The first kappa shape index (κ1) is 7.77. The first-order valence-electron chi connectivity index (χ1n) is 1.67. The van der Waals surface area contributed by atoms with Crippen LogP contribution in [0.2, 0.25) is 0 Å². The minimum absolute atomic E-state index is 1.37. The Bertz CT molecular complexity index is 151. The number of hydrogen-bond donors (Lipinski definition) is 0. The van der Waals surface area contributed by atoms with Crippen LogP contribution >= 0.6 is 0 Å². The van der Waals surface area contributed by atoms with E-state index in [1.807, 2.05) is 0 Å². The van der Waals surface area contributed by atoms with Crippen LogP contribution < -0.4 is 5.14 Å². The molecule has 0 spiro atoms. The van der Waals surface area contributed by atoms with E-state index in [0.717, 1.165) is 0 Å². The van der Waals surface area contributed by atoms with Crippen molar-refractivity contribution >= 4 is 10.0 Å². The monoisotopic (exact) mass is 144 g/mol. The number of sulfonamides is 1. The molecule has 0 bridgehead atoms. The number of alkyl halides is 2. The molecular weight excluding hydrogens is 140 g/mol. The molecule has 0 aromatic rings. The van der Waals surface area contributed by atoms with Gasteiger partial charge < -0.3 is 0 Å². The molecule has 0 aromatic carbocycles. The largest absolute Gasteiger partial charge is 0.253 e. The molecule has 6 heteroatoms. The van der Waals surface area contributed by atoms with E-state index in [4.69, 9.17) is 5.14 Å². The third kappa shape index (κ3) is 5.77. The maximum Gasteiger partial charge on any atom is 0.253 e. The minimum Gasteiger partial charge on any atom is -0.211 e. The Balaban J connectivity index is 3.75. The molecule has 0 saturated carbocycles. The van der Waals surface area contributed by atoms with Gasteiger partial charge in [0.05, 0.1) is 0 Å². The molecule has 49 valence electrons. The highest BCUT2D eigenvalue weighted by atomic mass is 32.2. The summed E-state index contributed by atoms with van der Waals surface area (Å²) in [4.78, 5) is 0. The van der Waals surface area contributed by atoms with Crippen LogP contribution in [0, 0.1) is 0 Å². The zero-order valence-electron chi connectivity index (χ0n) is 3.77. The molecule has 0 unspecified atom stereocenters. The topological polar surface area (TPSA) is 57.9 Å². The maximum absolute atomic E-state index is 11.0. The molecule has 8 heavy (non-hydrogen) atoms. The van der Waals surface area contributed by atoms with Gasteiger partial charge >= 0.3 is 0 Å². The fraction of sp³-hybridized carbons (Fsp3) is 1.00. The second kappa shape index (κ2) is 2.36. The highest BCUT2D eigenvalue weighted by Gasteiger charge is 2.12. The Labute approximate surface area is 45.5 Å². The van der Waals surface area contributed by atoms with Gasteiger partial charge in [0.2, 0.25) is 10.0 Å². The standard InChI is InChI=1S/C2H4F2NO2S/c3-2(4)1-8(5,6)7/h2,5H,1H2. The Hall–Kier alpha value is -0.230. The van der Waals surface area contributed by atoms with E-state index < -0.39 is 22.2 Å². The van der Waals surface area contributed by atoms with Crippen molar-refractivity contribution in [3.63, 3.8) is 0 Å². The van der Waals surface area contributed by atoms with Gasteiger partial charge in [0, 0.05) is 0 Å². The molecular formula is C2H4F2NO2S. The molecule has 3 nitrogen and oxygen atoms in total. The summed E-state index contributed by atoms with van der Waals surface area (Å²) in [5, 5.41) is 5.95. The third-order valence-corrected chi connectivity index (χ3v) is 1.04. The van der Waals surface area contributed by atoms with Gasteiger partial charge in [0.25, 0.3) is 6.43 Å². The minimum atomic E-state index is -4.22. The average Bonchev–Trinajstić information content (AvgIpc) is 1.21. The molecule has 0 heterocycles. The third-order valence-electron chi connectivity index (χ3n) is 0.345. The van der Waals surface area contributed by atoms with Crippen molar-refractivity contribution in [2.75, 3.05) is 5.75 Å². The summed E-state index contributed by atoms with van der Waals surface area (Å²) in [6.07, 6.45) is -2.93. The fourth-order valence-corrected chi connectivity index (χ4v) is 0.498. The summed E-state index contributed by atoms with van der Waals surface area (Å²) in [5.74, 6) is -1.37. The van der Waals surface area contributed by atoms with Crippen molar-refractivity contribution < 1.29 is 17.2 Å². The number of hydrogen-bond acceptors (Lipinski definition) is 2. The van der Waals surface area contributed by atoms with Gasteiger partial charge in [0.15, 0.2) is 0 Å². The van der Waals surface area contributed by atoms with Gasteiger partial charge in [-0.15, -0.1) is 5.14 Å². The van der Waals surface area contributed by atoms with E-state index in [2.05, 4.69) is 0 Å². The Morgan fingerprint density at radius 3 is 1.88 bits per heavy atom. The second-order valence-corrected chi connectivity index (χ2v) is 2.74. The molecule has 0 aliphatic heterocycles. The molecule has 0 fully saturated rings. The number of nitrogens with one attached hydrogen (secondary N) is 1. The zero-order valence-corrected chi connectivity index (χ0v) is 4.58. The molecule has 0 atom stereocenters. The van der Waals surface area contributed by atoms with Crippen molar-refractivity contribution in [3.05, 3.63) is 0 Å². The molecule has 1 radical (unpaired) electrons. The lowest BCUT2D eigenvalue weighted by Gasteiger charge is -1.91. The van der Waals surface area contributed by atoms with E-state index >= 15 is 0 Å². The molecule has 1 N–H and O–H groups in total. The van der Waals surface area contributed by atoms with Crippen molar-refractivity contribution in [2.45, 2.75) is 6.43 Å². The maximum atomic E-state index is 11.0. The fourth-order valence-electron chi connectivity index (χ4n) is 0.166. The highest BCUT2D eigenvalue weighted by Crippen LogP contribution is 1.94. The average molecular weight is 144 g/mol. The first-order valence-corrected chi connectivity index (χ1v) is 3.32. The molecule has 0 aromatic heterocycles. The predicted octanol–water partition coefficient (Wildman–Crippen LogP) is -0.136. The van der Waals surface area contributed by atoms with Crippen molar-refractivity contribution in [2.24, 2.45) is 0 Å². The van der Waals surface area contributed by atoms with Crippen molar-refractivity contribution in [3.8, 4) is 0 Å². The summed E-state index contributed by atoms with van der Waals surface area (Å²) in [7, 11) is -4.22. The normalized spacial score (nSPS) is 12.5. The van der Waals surface area contributed by atoms with E-state index in [1.165, 1.54) is 0 Å². The van der Waals surface area contributed by atoms with E-state index in [0.29, 0.717) is 0 Å². The Morgan fingerprint density at radius 1 is 1.50 bits per heavy atom. The predicted molar refractivity (Wildman–Crippen MR) is 22.9 cm³/mol. The van der Waals surface area contributed by atoms with Crippen LogP contribution in [0.15, 0.2) is 0 Å². The summed E-state index contributed by atoms with van der Waals surface area (Å²) < 4.78 is 41.3. The van der Waals surface area contributed by atoms with E-state index in [1.54, 1.807) is 0 Å². The lowest BCUT2D eigenvalue weighted by Crippen LogP contribution is -2.13. The molecule has 0 aliphatic carbocycles. The highest BCUT2D eigenvalue weighted by molar-refractivity contribution is 7.88.